The minimum atomic E-state index is -1.07. The number of carbonyl (C=O) groups is 3. The molecule has 1 aromatic rings. The lowest BCUT2D eigenvalue weighted by molar-refractivity contribution is -0.184. The second kappa shape index (κ2) is 13.9. The van der Waals surface area contributed by atoms with Crippen molar-refractivity contribution < 1.29 is 28.6 Å². The molecule has 2 aliphatic carbocycles. The van der Waals surface area contributed by atoms with Crippen LogP contribution in [0.15, 0.2) is 24.3 Å². The molecule has 2 unspecified atom stereocenters. The summed E-state index contributed by atoms with van der Waals surface area (Å²) < 4.78 is 16.5. The molecule has 2 saturated carbocycles. The SMILES string of the molecule is CC(OC(=O)OC1CCCCC1)OC(=O)C1(C2CNC(=O)N2c2ccc(C3CCNCC3)cc2)CCCCC1.Cl. The molecule has 2 amide bonds. The summed E-state index contributed by atoms with van der Waals surface area (Å²) >= 11 is 0. The van der Waals surface area contributed by atoms with E-state index in [2.05, 4.69) is 22.8 Å². The van der Waals surface area contributed by atoms with Crippen LogP contribution in [0.1, 0.15) is 95.5 Å². The van der Waals surface area contributed by atoms with Gasteiger partial charge in [-0.3, -0.25) is 9.69 Å². The van der Waals surface area contributed by atoms with E-state index in [9.17, 15) is 14.4 Å². The van der Waals surface area contributed by atoms with Crippen molar-refractivity contribution in [2.75, 3.05) is 24.5 Å². The number of hydrogen-bond acceptors (Lipinski definition) is 7. The normalized spacial score (nSPS) is 24.4. The fourth-order valence-electron chi connectivity index (χ4n) is 6.93. The summed E-state index contributed by atoms with van der Waals surface area (Å²) in [4.78, 5) is 41.0. The first kappa shape index (κ1) is 30.4. The van der Waals surface area contributed by atoms with Gasteiger partial charge in [-0.25, -0.2) is 9.59 Å². The Hall–Kier alpha value is -2.52. The highest BCUT2D eigenvalue weighted by molar-refractivity contribution is 5.97. The smallest absolute Gasteiger partial charge is 0.431 e. The lowest BCUT2D eigenvalue weighted by Gasteiger charge is -2.42. The summed E-state index contributed by atoms with van der Waals surface area (Å²) in [5.74, 6) is 0.104. The van der Waals surface area contributed by atoms with Crippen molar-refractivity contribution in [3.63, 3.8) is 0 Å². The van der Waals surface area contributed by atoms with Crippen LogP contribution < -0.4 is 15.5 Å². The molecular weight excluding hydrogens is 534 g/mol. The van der Waals surface area contributed by atoms with E-state index >= 15 is 0 Å². The van der Waals surface area contributed by atoms with E-state index in [1.165, 1.54) is 5.56 Å². The van der Waals surface area contributed by atoms with Gasteiger partial charge in [0.1, 0.15) is 6.10 Å². The highest BCUT2D eigenvalue weighted by Crippen LogP contribution is 2.45. The second-order valence-electron chi connectivity index (χ2n) is 11.6. The van der Waals surface area contributed by atoms with Gasteiger partial charge in [0.2, 0.25) is 6.29 Å². The Morgan fingerprint density at radius 3 is 2.25 bits per heavy atom. The van der Waals surface area contributed by atoms with E-state index in [0.29, 0.717) is 25.3 Å². The van der Waals surface area contributed by atoms with Crippen LogP contribution in [0.4, 0.5) is 15.3 Å². The number of piperidine rings is 1. The minimum absolute atomic E-state index is 0. The van der Waals surface area contributed by atoms with Crippen molar-refractivity contribution >= 4 is 36.3 Å². The van der Waals surface area contributed by atoms with Crippen molar-refractivity contribution in [1.82, 2.24) is 10.6 Å². The highest BCUT2D eigenvalue weighted by Gasteiger charge is 2.54. The van der Waals surface area contributed by atoms with Gasteiger partial charge in [-0.2, -0.15) is 0 Å². The fourth-order valence-corrected chi connectivity index (χ4v) is 6.93. The summed E-state index contributed by atoms with van der Waals surface area (Å²) in [6.07, 6.45) is 9.14. The van der Waals surface area contributed by atoms with E-state index in [0.717, 1.165) is 83.0 Å². The molecule has 2 saturated heterocycles. The molecule has 2 N–H and O–H groups in total. The molecule has 0 spiro atoms. The maximum absolute atomic E-state index is 13.8. The summed E-state index contributed by atoms with van der Waals surface area (Å²) in [5, 5.41) is 6.38. The predicted octanol–water partition coefficient (Wildman–Crippen LogP) is 5.80. The first-order valence-electron chi connectivity index (χ1n) is 14.9. The summed E-state index contributed by atoms with van der Waals surface area (Å²) in [6, 6.07) is 7.66. The number of amides is 2. The standard InChI is InChI=1S/C30H43N3O6.ClH/c1-21(38-29(36)39-25-8-4-2-5-9-25)37-27(34)30(16-6-3-7-17-30)26-20-32-28(35)33(26)24-12-10-22(11-13-24)23-14-18-31-19-15-23;/h10-13,21,23,25-26,31H,2-9,14-20H2,1H3,(H,32,35);1H. The predicted molar refractivity (Wildman–Crippen MR) is 154 cm³/mol. The number of rotatable bonds is 7. The van der Waals surface area contributed by atoms with E-state index < -0.39 is 23.8 Å². The highest BCUT2D eigenvalue weighted by atomic mass is 35.5. The first-order chi connectivity index (χ1) is 19.0. The Kier molecular flexibility index (Phi) is 10.6. The number of nitrogens with one attached hydrogen (secondary N) is 2. The van der Waals surface area contributed by atoms with Crippen molar-refractivity contribution in [2.45, 2.75) is 108 Å². The van der Waals surface area contributed by atoms with Crippen LogP contribution in [0.5, 0.6) is 0 Å². The molecule has 0 aromatic heterocycles. The zero-order valence-electron chi connectivity index (χ0n) is 23.5. The van der Waals surface area contributed by atoms with Crippen LogP contribution in [-0.2, 0) is 19.0 Å². The molecule has 4 aliphatic rings. The number of esters is 1. The molecule has 1 aromatic carbocycles. The largest absolute Gasteiger partial charge is 0.511 e. The zero-order valence-corrected chi connectivity index (χ0v) is 24.3. The number of carbonyl (C=O) groups excluding carboxylic acids is 3. The van der Waals surface area contributed by atoms with Crippen LogP contribution in [0.3, 0.4) is 0 Å². The number of hydrogen-bond donors (Lipinski definition) is 2. The van der Waals surface area contributed by atoms with E-state index in [1.807, 2.05) is 12.1 Å². The summed E-state index contributed by atoms with van der Waals surface area (Å²) in [6.45, 7) is 3.96. The molecule has 2 atom stereocenters. The van der Waals surface area contributed by atoms with E-state index in [4.69, 9.17) is 14.2 Å². The Morgan fingerprint density at radius 1 is 0.925 bits per heavy atom. The molecule has 2 aliphatic heterocycles. The number of halogens is 1. The molecule has 4 fully saturated rings. The molecule has 0 bridgehead atoms. The van der Waals surface area contributed by atoms with Crippen molar-refractivity contribution in [2.24, 2.45) is 5.41 Å². The third kappa shape index (κ3) is 6.85. The maximum atomic E-state index is 13.8. The van der Waals surface area contributed by atoms with Gasteiger partial charge in [0.15, 0.2) is 0 Å². The van der Waals surface area contributed by atoms with Crippen molar-refractivity contribution in [3.05, 3.63) is 29.8 Å². The third-order valence-corrected chi connectivity index (χ3v) is 9.10. The molecule has 10 heteroatoms. The van der Waals surface area contributed by atoms with Gasteiger partial charge >= 0.3 is 18.2 Å². The maximum Gasteiger partial charge on any atom is 0.511 e. The van der Waals surface area contributed by atoms with E-state index in [1.54, 1.807) is 11.8 Å². The monoisotopic (exact) mass is 577 g/mol. The van der Waals surface area contributed by atoms with Gasteiger partial charge in [-0.05, 0) is 88.1 Å². The number of ether oxygens (including phenoxy) is 3. The fraction of sp³-hybridized carbons (Fsp3) is 0.700. The molecule has 2 heterocycles. The summed E-state index contributed by atoms with van der Waals surface area (Å²) in [5.41, 5.74) is 1.19. The molecule has 5 rings (SSSR count). The van der Waals surface area contributed by atoms with Crippen LogP contribution in [-0.4, -0.2) is 56.2 Å². The molecule has 9 nitrogen and oxygen atoms in total. The van der Waals surface area contributed by atoms with Crippen LogP contribution >= 0.6 is 12.4 Å². The molecular formula is C30H44ClN3O6. The average molecular weight is 578 g/mol. The minimum Gasteiger partial charge on any atom is -0.431 e. The van der Waals surface area contributed by atoms with Crippen molar-refractivity contribution in [1.29, 1.82) is 0 Å². The second-order valence-corrected chi connectivity index (χ2v) is 11.6. The van der Waals surface area contributed by atoms with Crippen LogP contribution in [0.25, 0.3) is 0 Å². The molecule has 40 heavy (non-hydrogen) atoms. The molecule has 0 radical (unpaired) electrons. The lowest BCUT2D eigenvalue weighted by Crippen LogP contribution is -2.53. The van der Waals surface area contributed by atoms with Crippen LogP contribution in [0, 0.1) is 5.41 Å². The Labute approximate surface area is 243 Å². The first-order valence-corrected chi connectivity index (χ1v) is 14.9. The topological polar surface area (TPSA) is 106 Å². The number of benzene rings is 1. The van der Waals surface area contributed by atoms with Gasteiger partial charge < -0.3 is 24.8 Å². The number of nitrogens with zero attached hydrogens (tertiary/aromatic N) is 1. The average Bonchev–Trinajstić information content (AvgIpc) is 3.36. The lowest BCUT2D eigenvalue weighted by atomic mass is 9.68. The number of urea groups is 1. The quantitative estimate of drug-likeness (QED) is 0.311. The van der Waals surface area contributed by atoms with Gasteiger partial charge in [0.05, 0.1) is 11.5 Å². The van der Waals surface area contributed by atoms with Crippen LogP contribution in [0.2, 0.25) is 0 Å². The zero-order chi connectivity index (χ0) is 27.2. The van der Waals surface area contributed by atoms with Gasteiger partial charge in [0.25, 0.3) is 0 Å². The van der Waals surface area contributed by atoms with Gasteiger partial charge in [-0.15, -0.1) is 12.4 Å². The van der Waals surface area contributed by atoms with Crippen molar-refractivity contribution in [3.8, 4) is 0 Å². The van der Waals surface area contributed by atoms with Gasteiger partial charge in [-0.1, -0.05) is 37.8 Å². The number of anilines is 1. The summed E-state index contributed by atoms with van der Waals surface area (Å²) in [7, 11) is 0. The molecule has 222 valence electrons. The van der Waals surface area contributed by atoms with Gasteiger partial charge in [0, 0.05) is 19.2 Å². The third-order valence-electron chi connectivity index (χ3n) is 9.10. The van der Waals surface area contributed by atoms with E-state index in [-0.39, 0.29) is 30.6 Å². The Balaban J connectivity index is 0.00000370. The Bertz CT molecular complexity index is 1000. The Morgan fingerprint density at radius 2 is 1.57 bits per heavy atom.